The summed E-state index contributed by atoms with van der Waals surface area (Å²) in [6, 6.07) is 5.36. The summed E-state index contributed by atoms with van der Waals surface area (Å²) in [5.41, 5.74) is 7.73. The first-order chi connectivity index (χ1) is 8.58. The molecule has 1 atom stereocenters. The Balaban J connectivity index is 2.15. The van der Waals surface area contributed by atoms with Crippen molar-refractivity contribution in [2.24, 2.45) is 0 Å². The lowest BCUT2D eigenvalue weighted by Crippen LogP contribution is -2.27. The van der Waals surface area contributed by atoms with Gasteiger partial charge < -0.3 is 16.0 Å². The number of nitrogens with one attached hydrogen (secondary N) is 2. The van der Waals surface area contributed by atoms with Crippen molar-refractivity contribution in [3.63, 3.8) is 0 Å². The minimum Gasteiger partial charge on any atom is -0.399 e. The summed E-state index contributed by atoms with van der Waals surface area (Å²) < 4.78 is 10.9. The van der Waals surface area contributed by atoms with Crippen LogP contribution in [0.2, 0.25) is 0 Å². The van der Waals surface area contributed by atoms with Crippen LogP contribution in [0.5, 0.6) is 0 Å². The van der Waals surface area contributed by atoms with Crippen molar-refractivity contribution in [3.05, 3.63) is 30.0 Å². The molecule has 18 heavy (non-hydrogen) atoms. The fraction of sp³-hybridized carbons (Fsp3) is 0.250. The summed E-state index contributed by atoms with van der Waals surface area (Å²) >= 11 is 0. The average Bonchev–Trinajstić information content (AvgIpc) is 2.71. The minimum absolute atomic E-state index is 0.170. The molecule has 96 valence electrons. The molecule has 0 aliphatic heterocycles. The van der Waals surface area contributed by atoms with Gasteiger partial charge in [-0.3, -0.25) is 9.00 Å². The maximum Gasteiger partial charge on any atom is 0.253 e. The molecule has 1 aromatic carbocycles. The van der Waals surface area contributed by atoms with Crippen molar-refractivity contribution in [2.45, 2.75) is 0 Å². The zero-order valence-corrected chi connectivity index (χ0v) is 10.8. The molecule has 1 amide bonds. The highest BCUT2D eigenvalue weighted by atomic mass is 32.2. The van der Waals surface area contributed by atoms with E-state index < -0.39 is 10.8 Å². The predicted molar refractivity (Wildman–Crippen MR) is 74.0 cm³/mol. The van der Waals surface area contributed by atoms with Gasteiger partial charge in [-0.05, 0) is 18.2 Å². The fourth-order valence-electron chi connectivity index (χ4n) is 1.74. The summed E-state index contributed by atoms with van der Waals surface area (Å²) in [4.78, 5) is 14.9. The SMILES string of the molecule is CS(=O)CCNC(=O)c1c[nH]c2cc(N)ccc12. The Kier molecular flexibility index (Phi) is 3.66. The maximum atomic E-state index is 11.9. The number of aromatic nitrogens is 1. The van der Waals surface area contributed by atoms with Gasteiger partial charge in [-0.1, -0.05) is 0 Å². The molecule has 0 aliphatic carbocycles. The Bertz CT molecular complexity index is 606. The lowest BCUT2D eigenvalue weighted by molar-refractivity contribution is 0.0958. The molecule has 6 heteroatoms. The highest BCUT2D eigenvalue weighted by molar-refractivity contribution is 7.84. The Morgan fingerprint density at radius 3 is 3.00 bits per heavy atom. The predicted octanol–water partition coefficient (Wildman–Crippen LogP) is 0.858. The highest BCUT2D eigenvalue weighted by Gasteiger charge is 2.11. The first-order valence-corrected chi connectivity index (χ1v) is 7.25. The number of nitrogens with two attached hydrogens (primary N) is 1. The zero-order valence-electron chi connectivity index (χ0n) is 10.0. The van der Waals surface area contributed by atoms with Crippen molar-refractivity contribution in [1.82, 2.24) is 10.3 Å². The number of carbonyl (C=O) groups excluding carboxylic acids is 1. The molecule has 0 bridgehead atoms. The van der Waals surface area contributed by atoms with E-state index in [0.29, 0.717) is 23.5 Å². The van der Waals surface area contributed by atoms with Gasteiger partial charge in [0.1, 0.15) is 0 Å². The van der Waals surface area contributed by atoms with Crippen LogP contribution < -0.4 is 11.1 Å². The maximum absolute atomic E-state index is 11.9. The molecule has 1 unspecified atom stereocenters. The minimum atomic E-state index is -0.898. The van der Waals surface area contributed by atoms with Gasteiger partial charge >= 0.3 is 0 Å². The Morgan fingerprint density at radius 1 is 1.50 bits per heavy atom. The molecular formula is C12H15N3O2S. The molecule has 0 saturated heterocycles. The standard InChI is InChI=1S/C12H15N3O2S/c1-18(17)5-4-14-12(16)10-7-15-11-6-8(13)2-3-9(10)11/h2-3,6-7,15H,4-5,13H2,1H3,(H,14,16). The lowest BCUT2D eigenvalue weighted by Gasteiger charge is -2.02. The van der Waals surface area contributed by atoms with Crippen LogP contribution in [0.4, 0.5) is 5.69 Å². The monoisotopic (exact) mass is 265 g/mol. The van der Waals surface area contributed by atoms with E-state index >= 15 is 0 Å². The molecule has 1 aromatic heterocycles. The van der Waals surface area contributed by atoms with E-state index in [1.807, 2.05) is 6.07 Å². The molecule has 0 aliphatic rings. The van der Waals surface area contributed by atoms with Crippen LogP contribution in [0.1, 0.15) is 10.4 Å². The van der Waals surface area contributed by atoms with E-state index in [0.717, 1.165) is 10.9 Å². The Hall–Kier alpha value is -1.82. The molecule has 5 nitrogen and oxygen atoms in total. The van der Waals surface area contributed by atoms with Crippen molar-refractivity contribution < 1.29 is 9.00 Å². The first kappa shape index (κ1) is 12.6. The van der Waals surface area contributed by atoms with E-state index in [-0.39, 0.29) is 5.91 Å². The number of amides is 1. The Labute approximate surface area is 107 Å². The van der Waals surface area contributed by atoms with Gasteiger partial charge in [-0.25, -0.2) is 0 Å². The normalized spacial score (nSPS) is 12.5. The van der Waals surface area contributed by atoms with Crippen molar-refractivity contribution in [2.75, 3.05) is 24.3 Å². The van der Waals surface area contributed by atoms with E-state index in [1.165, 1.54) is 0 Å². The molecule has 4 N–H and O–H groups in total. The summed E-state index contributed by atoms with van der Waals surface area (Å²) in [5.74, 6) is 0.289. The molecule has 2 rings (SSSR count). The second-order valence-electron chi connectivity index (χ2n) is 4.04. The second kappa shape index (κ2) is 5.22. The fourth-order valence-corrected chi connectivity index (χ4v) is 2.12. The number of hydrogen-bond acceptors (Lipinski definition) is 3. The summed E-state index contributed by atoms with van der Waals surface area (Å²) in [5, 5.41) is 3.57. The van der Waals surface area contributed by atoms with Crippen molar-refractivity contribution in [3.8, 4) is 0 Å². The molecule has 1 heterocycles. The van der Waals surface area contributed by atoms with Crippen LogP contribution in [-0.4, -0.2) is 33.7 Å². The summed E-state index contributed by atoms with van der Waals surface area (Å²) in [6.07, 6.45) is 3.27. The van der Waals surface area contributed by atoms with Gasteiger partial charge in [-0.15, -0.1) is 0 Å². The van der Waals surface area contributed by atoms with Gasteiger partial charge in [0, 0.05) is 52.1 Å². The van der Waals surface area contributed by atoms with Crippen LogP contribution >= 0.6 is 0 Å². The molecule has 0 saturated carbocycles. The first-order valence-electron chi connectivity index (χ1n) is 5.53. The topological polar surface area (TPSA) is 88.0 Å². The number of benzene rings is 1. The molecular weight excluding hydrogens is 250 g/mol. The van der Waals surface area contributed by atoms with E-state index in [4.69, 9.17) is 5.73 Å². The van der Waals surface area contributed by atoms with Crippen molar-refractivity contribution >= 4 is 33.3 Å². The largest absolute Gasteiger partial charge is 0.399 e. The number of H-pyrrole nitrogens is 1. The van der Waals surface area contributed by atoms with Crippen LogP contribution in [0.25, 0.3) is 10.9 Å². The summed E-state index contributed by atoms with van der Waals surface area (Å²) in [7, 11) is -0.898. The average molecular weight is 265 g/mol. The highest BCUT2D eigenvalue weighted by Crippen LogP contribution is 2.20. The van der Waals surface area contributed by atoms with E-state index in [1.54, 1.807) is 24.6 Å². The van der Waals surface area contributed by atoms with Crippen LogP contribution in [-0.2, 0) is 10.8 Å². The van der Waals surface area contributed by atoms with Crippen LogP contribution in [0.15, 0.2) is 24.4 Å². The number of rotatable bonds is 4. The molecule has 2 aromatic rings. The van der Waals surface area contributed by atoms with Crippen LogP contribution in [0.3, 0.4) is 0 Å². The third-order valence-corrected chi connectivity index (χ3v) is 3.40. The quantitative estimate of drug-likeness (QED) is 0.716. The van der Waals surface area contributed by atoms with Crippen molar-refractivity contribution in [1.29, 1.82) is 0 Å². The second-order valence-corrected chi connectivity index (χ2v) is 5.60. The number of hydrogen-bond donors (Lipinski definition) is 3. The number of fused-ring (bicyclic) bond motifs is 1. The molecule has 0 radical (unpaired) electrons. The zero-order chi connectivity index (χ0) is 13.1. The van der Waals surface area contributed by atoms with Gasteiger partial charge in [-0.2, -0.15) is 0 Å². The third-order valence-electron chi connectivity index (χ3n) is 2.63. The van der Waals surface area contributed by atoms with Crippen LogP contribution in [0, 0.1) is 0 Å². The van der Waals surface area contributed by atoms with Gasteiger partial charge in [0.15, 0.2) is 0 Å². The number of aromatic amines is 1. The van der Waals surface area contributed by atoms with E-state index in [9.17, 15) is 9.00 Å². The smallest absolute Gasteiger partial charge is 0.253 e. The Morgan fingerprint density at radius 2 is 2.28 bits per heavy atom. The van der Waals surface area contributed by atoms with Gasteiger partial charge in [0.25, 0.3) is 5.91 Å². The third kappa shape index (κ3) is 2.70. The number of carbonyl (C=O) groups is 1. The summed E-state index contributed by atoms with van der Waals surface area (Å²) in [6.45, 7) is 0.406. The lowest BCUT2D eigenvalue weighted by atomic mass is 10.1. The molecule has 0 fully saturated rings. The van der Waals surface area contributed by atoms with Gasteiger partial charge in [0.2, 0.25) is 0 Å². The van der Waals surface area contributed by atoms with Gasteiger partial charge in [0.05, 0.1) is 5.56 Å². The van der Waals surface area contributed by atoms with E-state index in [2.05, 4.69) is 10.3 Å². The number of nitrogen functional groups attached to an aromatic ring is 1. The number of anilines is 1. The molecule has 0 spiro atoms.